The largest absolute Gasteiger partial charge is 0.493 e. The molecule has 1 aromatic heterocycles. The Labute approximate surface area is 189 Å². The number of rotatable bonds is 10. The number of benzene rings is 2. The molecule has 0 saturated carbocycles. The number of oxazole rings is 1. The van der Waals surface area contributed by atoms with Crippen molar-refractivity contribution in [2.75, 3.05) is 21.3 Å². The van der Waals surface area contributed by atoms with E-state index in [-0.39, 0.29) is 11.9 Å². The highest BCUT2D eigenvalue weighted by Crippen LogP contribution is 2.32. The number of ether oxygens (including phenoxy) is 2. The van der Waals surface area contributed by atoms with E-state index >= 15 is 0 Å². The number of hydrogen-bond acceptors (Lipinski definition) is 6. The summed E-state index contributed by atoms with van der Waals surface area (Å²) in [5.41, 5.74) is 2.37. The number of carbonyl (C=O) groups is 1. The second-order valence-corrected chi connectivity index (χ2v) is 7.92. The fraction of sp³-hybridized carbons (Fsp3) is 0.360. The van der Waals surface area contributed by atoms with Crippen LogP contribution in [0.1, 0.15) is 41.4 Å². The molecule has 7 nitrogen and oxygen atoms in total. The van der Waals surface area contributed by atoms with Gasteiger partial charge in [-0.2, -0.15) is 0 Å². The van der Waals surface area contributed by atoms with Gasteiger partial charge in [-0.3, -0.25) is 9.69 Å². The van der Waals surface area contributed by atoms with Crippen molar-refractivity contribution in [1.82, 2.24) is 14.8 Å². The summed E-state index contributed by atoms with van der Waals surface area (Å²) < 4.78 is 16.6. The third kappa shape index (κ3) is 5.68. The first kappa shape index (κ1) is 23.3. The molecule has 1 heterocycles. The van der Waals surface area contributed by atoms with E-state index in [0.29, 0.717) is 42.7 Å². The average Bonchev–Trinajstić information content (AvgIpc) is 3.27. The molecule has 3 aromatic rings. The Morgan fingerprint density at radius 2 is 1.75 bits per heavy atom. The van der Waals surface area contributed by atoms with Gasteiger partial charge in [0.25, 0.3) is 5.91 Å². The molecule has 2 aromatic carbocycles. The predicted molar refractivity (Wildman–Crippen MR) is 123 cm³/mol. The van der Waals surface area contributed by atoms with E-state index in [9.17, 15) is 4.79 Å². The van der Waals surface area contributed by atoms with Gasteiger partial charge < -0.3 is 18.8 Å². The van der Waals surface area contributed by atoms with E-state index in [4.69, 9.17) is 13.9 Å². The van der Waals surface area contributed by atoms with E-state index in [0.717, 1.165) is 11.1 Å². The fourth-order valence-corrected chi connectivity index (χ4v) is 3.50. The topological polar surface area (TPSA) is 68.0 Å². The zero-order valence-corrected chi connectivity index (χ0v) is 19.4. The number of para-hydroxylation sites is 1. The van der Waals surface area contributed by atoms with E-state index in [1.165, 1.54) is 6.26 Å². The Morgan fingerprint density at radius 1 is 1.00 bits per heavy atom. The molecule has 0 saturated heterocycles. The summed E-state index contributed by atoms with van der Waals surface area (Å²) in [6.45, 7) is 5.81. The van der Waals surface area contributed by atoms with Crippen LogP contribution in [0.25, 0.3) is 0 Å². The Bertz CT molecular complexity index is 1020. The maximum Gasteiger partial charge on any atom is 0.275 e. The minimum atomic E-state index is -0.172. The lowest BCUT2D eigenvalue weighted by molar-refractivity contribution is 0.0779. The number of amides is 1. The van der Waals surface area contributed by atoms with Crippen molar-refractivity contribution in [3.8, 4) is 11.5 Å². The summed E-state index contributed by atoms with van der Waals surface area (Å²) in [6.07, 6.45) is 1.43. The third-order valence-electron chi connectivity index (χ3n) is 5.31. The fourth-order valence-electron chi connectivity index (χ4n) is 3.50. The maximum absolute atomic E-state index is 12.8. The zero-order chi connectivity index (χ0) is 23.1. The minimum Gasteiger partial charge on any atom is -0.493 e. The summed E-state index contributed by atoms with van der Waals surface area (Å²) in [4.78, 5) is 21.1. The monoisotopic (exact) mass is 437 g/mol. The van der Waals surface area contributed by atoms with Crippen LogP contribution in [-0.4, -0.2) is 48.0 Å². The van der Waals surface area contributed by atoms with Gasteiger partial charge in [0.1, 0.15) is 6.26 Å². The summed E-state index contributed by atoms with van der Waals surface area (Å²) >= 11 is 0. The van der Waals surface area contributed by atoms with Crippen LogP contribution >= 0.6 is 0 Å². The van der Waals surface area contributed by atoms with Crippen molar-refractivity contribution in [2.24, 2.45) is 0 Å². The molecular formula is C25H31N3O4. The summed E-state index contributed by atoms with van der Waals surface area (Å²) in [5, 5.41) is 0. The smallest absolute Gasteiger partial charge is 0.275 e. The van der Waals surface area contributed by atoms with Crippen molar-refractivity contribution in [2.45, 2.75) is 39.5 Å². The Morgan fingerprint density at radius 3 is 2.41 bits per heavy atom. The van der Waals surface area contributed by atoms with Gasteiger partial charge in [-0.1, -0.05) is 42.5 Å². The van der Waals surface area contributed by atoms with Gasteiger partial charge in [0.05, 0.1) is 20.8 Å². The lowest BCUT2D eigenvalue weighted by Gasteiger charge is -2.26. The van der Waals surface area contributed by atoms with Crippen LogP contribution in [-0.2, 0) is 19.6 Å². The molecule has 0 radical (unpaired) electrons. The first-order chi connectivity index (χ1) is 15.4. The van der Waals surface area contributed by atoms with Crippen LogP contribution in [0.2, 0.25) is 0 Å². The second-order valence-electron chi connectivity index (χ2n) is 7.92. The molecule has 7 heteroatoms. The van der Waals surface area contributed by atoms with Crippen LogP contribution < -0.4 is 9.47 Å². The second kappa shape index (κ2) is 10.8. The Balaban J connectivity index is 1.70. The molecule has 32 heavy (non-hydrogen) atoms. The van der Waals surface area contributed by atoms with Gasteiger partial charge >= 0.3 is 0 Å². The molecule has 170 valence electrons. The number of aromatic nitrogens is 1. The van der Waals surface area contributed by atoms with Crippen LogP contribution in [0, 0.1) is 0 Å². The lowest BCUT2D eigenvalue weighted by atomic mass is 10.1. The van der Waals surface area contributed by atoms with E-state index in [1.807, 2.05) is 48.5 Å². The van der Waals surface area contributed by atoms with Gasteiger partial charge in [-0.15, -0.1) is 0 Å². The van der Waals surface area contributed by atoms with Gasteiger partial charge in [0.15, 0.2) is 17.2 Å². The molecule has 1 amide bonds. The first-order valence-corrected chi connectivity index (χ1v) is 10.6. The van der Waals surface area contributed by atoms with Crippen molar-refractivity contribution < 1.29 is 18.7 Å². The molecule has 0 atom stereocenters. The summed E-state index contributed by atoms with van der Waals surface area (Å²) in [7, 11) is 5.03. The van der Waals surface area contributed by atoms with Crippen molar-refractivity contribution in [3.63, 3.8) is 0 Å². The highest BCUT2D eigenvalue weighted by molar-refractivity contribution is 5.91. The van der Waals surface area contributed by atoms with Gasteiger partial charge in [-0.25, -0.2) is 4.98 Å². The van der Waals surface area contributed by atoms with Crippen LogP contribution in [0.5, 0.6) is 11.5 Å². The molecule has 0 spiro atoms. The average molecular weight is 438 g/mol. The molecule has 0 aliphatic rings. The maximum atomic E-state index is 12.8. The van der Waals surface area contributed by atoms with E-state index < -0.39 is 0 Å². The van der Waals surface area contributed by atoms with Crippen LogP contribution in [0.3, 0.4) is 0 Å². The highest BCUT2D eigenvalue weighted by atomic mass is 16.5. The number of hydrogen-bond donors (Lipinski definition) is 0. The normalized spacial score (nSPS) is 11.1. The molecule has 0 fully saturated rings. The van der Waals surface area contributed by atoms with Crippen molar-refractivity contribution in [1.29, 1.82) is 0 Å². The lowest BCUT2D eigenvalue weighted by Crippen LogP contribution is -2.30. The van der Waals surface area contributed by atoms with Gasteiger partial charge in [-0.05, 0) is 25.5 Å². The quantitative estimate of drug-likeness (QED) is 0.469. The van der Waals surface area contributed by atoms with Crippen LogP contribution in [0.4, 0.5) is 0 Å². The standard InChI is InChI=1S/C25H31N3O4/c1-18(2)28(15-20-12-9-13-22(30-4)24(20)31-5)16-23-26-21(17-32-23)25(29)27(3)14-19-10-7-6-8-11-19/h6-13,17-18H,14-16H2,1-5H3. The third-order valence-corrected chi connectivity index (χ3v) is 5.31. The van der Waals surface area contributed by atoms with E-state index in [2.05, 4.69) is 23.7 Å². The van der Waals surface area contributed by atoms with Gasteiger partial charge in [0.2, 0.25) is 5.89 Å². The number of carbonyl (C=O) groups excluding carboxylic acids is 1. The molecule has 0 unspecified atom stereocenters. The molecule has 3 rings (SSSR count). The molecule has 0 bridgehead atoms. The number of methoxy groups -OCH3 is 2. The molecule has 0 N–H and O–H groups in total. The first-order valence-electron chi connectivity index (χ1n) is 10.6. The van der Waals surface area contributed by atoms with E-state index in [1.54, 1.807) is 26.2 Å². The van der Waals surface area contributed by atoms with Gasteiger partial charge in [0, 0.05) is 31.7 Å². The molecule has 0 aliphatic heterocycles. The highest BCUT2D eigenvalue weighted by Gasteiger charge is 2.21. The minimum absolute atomic E-state index is 0.172. The number of nitrogens with zero attached hydrogens (tertiary/aromatic N) is 3. The predicted octanol–water partition coefficient (Wildman–Crippen LogP) is 4.37. The molecular weight excluding hydrogens is 406 g/mol. The Kier molecular flexibility index (Phi) is 7.89. The summed E-state index contributed by atoms with van der Waals surface area (Å²) in [5.74, 6) is 1.73. The van der Waals surface area contributed by atoms with Crippen molar-refractivity contribution in [3.05, 3.63) is 77.5 Å². The SMILES string of the molecule is COc1cccc(CN(Cc2nc(C(=O)N(C)Cc3ccccc3)co2)C(C)C)c1OC. The Hall–Kier alpha value is -3.32. The zero-order valence-electron chi connectivity index (χ0n) is 19.4. The van der Waals surface area contributed by atoms with Crippen molar-refractivity contribution >= 4 is 5.91 Å². The van der Waals surface area contributed by atoms with Crippen LogP contribution in [0.15, 0.2) is 59.2 Å². The summed E-state index contributed by atoms with van der Waals surface area (Å²) in [6, 6.07) is 15.9. The molecule has 0 aliphatic carbocycles.